The van der Waals surface area contributed by atoms with Gasteiger partial charge in [-0.15, -0.1) is 0 Å². The van der Waals surface area contributed by atoms with E-state index >= 15 is 0 Å². The third-order valence-electron chi connectivity index (χ3n) is 2.87. The van der Waals surface area contributed by atoms with E-state index in [4.69, 9.17) is 5.73 Å². The fourth-order valence-electron chi connectivity index (χ4n) is 2.10. The summed E-state index contributed by atoms with van der Waals surface area (Å²) in [6, 6.07) is 7.44. The summed E-state index contributed by atoms with van der Waals surface area (Å²) in [5.41, 5.74) is 7.89. The zero-order chi connectivity index (χ0) is 11.3. The lowest BCUT2D eigenvalue weighted by Crippen LogP contribution is -2.09. The van der Waals surface area contributed by atoms with E-state index in [1.807, 2.05) is 36.0 Å². The summed E-state index contributed by atoms with van der Waals surface area (Å²) in [6.45, 7) is 0. The summed E-state index contributed by atoms with van der Waals surface area (Å²) < 4.78 is 1.82. The van der Waals surface area contributed by atoms with E-state index in [0.29, 0.717) is 11.2 Å². The second-order valence-corrected chi connectivity index (χ2v) is 3.95. The number of H-pyrrole nitrogens is 1. The number of aromatic amines is 1. The Labute approximate surface area is 91.3 Å². The molecule has 0 fully saturated rings. The topological polar surface area (TPSA) is 63.8 Å². The molecule has 16 heavy (non-hydrogen) atoms. The van der Waals surface area contributed by atoms with Crippen LogP contribution in [0, 0.1) is 0 Å². The molecule has 0 aliphatic heterocycles. The number of nitrogens with zero attached hydrogens (tertiary/aromatic N) is 1. The van der Waals surface area contributed by atoms with Gasteiger partial charge in [-0.1, -0.05) is 0 Å². The lowest BCUT2D eigenvalue weighted by molar-refractivity contribution is 0.960. The SMILES string of the molecule is Cn1ccc2c3cc(N)ccc3[nH]c(=O)c21. The maximum absolute atomic E-state index is 11.9. The first-order chi connectivity index (χ1) is 7.66. The molecule has 0 saturated heterocycles. The number of benzene rings is 1. The maximum Gasteiger partial charge on any atom is 0.272 e. The Morgan fingerprint density at radius 1 is 1.25 bits per heavy atom. The average molecular weight is 213 g/mol. The molecule has 0 aliphatic carbocycles. The van der Waals surface area contributed by atoms with E-state index in [2.05, 4.69) is 4.98 Å². The number of nitrogens with two attached hydrogens (primary N) is 1. The van der Waals surface area contributed by atoms with E-state index in [9.17, 15) is 4.79 Å². The second kappa shape index (κ2) is 2.88. The van der Waals surface area contributed by atoms with Gasteiger partial charge in [0.05, 0.1) is 0 Å². The molecular weight excluding hydrogens is 202 g/mol. The number of fused-ring (bicyclic) bond motifs is 3. The number of nitrogen functional groups attached to an aromatic ring is 1. The van der Waals surface area contributed by atoms with Gasteiger partial charge in [-0.25, -0.2) is 0 Å². The van der Waals surface area contributed by atoms with Crippen LogP contribution in [0.2, 0.25) is 0 Å². The Bertz CT molecular complexity index is 752. The molecule has 4 nitrogen and oxygen atoms in total. The van der Waals surface area contributed by atoms with Gasteiger partial charge in [0.25, 0.3) is 5.56 Å². The molecule has 1 aromatic carbocycles. The van der Waals surface area contributed by atoms with Crippen molar-refractivity contribution in [2.45, 2.75) is 0 Å². The van der Waals surface area contributed by atoms with Crippen molar-refractivity contribution in [3.63, 3.8) is 0 Å². The molecule has 3 aromatic rings. The number of pyridine rings is 1. The van der Waals surface area contributed by atoms with E-state index in [-0.39, 0.29) is 5.56 Å². The third kappa shape index (κ3) is 1.07. The molecule has 4 heteroatoms. The van der Waals surface area contributed by atoms with Crippen molar-refractivity contribution in [1.82, 2.24) is 9.55 Å². The van der Waals surface area contributed by atoms with Crippen molar-refractivity contribution in [2.75, 3.05) is 5.73 Å². The van der Waals surface area contributed by atoms with Crippen molar-refractivity contribution < 1.29 is 0 Å². The van der Waals surface area contributed by atoms with Crippen molar-refractivity contribution in [3.8, 4) is 0 Å². The first-order valence-corrected chi connectivity index (χ1v) is 5.03. The van der Waals surface area contributed by atoms with Crippen LogP contribution in [0.15, 0.2) is 35.3 Å². The molecule has 0 amide bonds. The van der Waals surface area contributed by atoms with Crippen LogP contribution in [0.3, 0.4) is 0 Å². The minimum atomic E-state index is -0.0697. The Balaban J connectivity index is 2.67. The van der Waals surface area contributed by atoms with Crippen LogP contribution in [-0.4, -0.2) is 9.55 Å². The lowest BCUT2D eigenvalue weighted by Gasteiger charge is -2.02. The lowest BCUT2D eigenvalue weighted by atomic mass is 10.1. The predicted octanol–water partition coefficient (Wildman–Crippen LogP) is 1.60. The molecular formula is C12H11N3O. The Morgan fingerprint density at radius 3 is 2.88 bits per heavy atom. The van der Waals surface area contributed by atoms with Crippen LogP contribution in [0.4, 0.5) is 5.69 Å². The Kier molecular flexibility index (Phi) is 1.63. The predicted molar refractivity (Wildman–Crippen MR) is 65.5 cm³/mol. The number of nitrogens with one attached hydrogen (secondary N) is 1. The summed E-state index contributed by atoms with van der Waals surface area (Å²) >= 11 is 0. The van der Waals surface area contributed by atoms with Gasteiger partial charge in [0.1, 0.15) is 5.52 Å². The fraction of sp³-hybridized carbons (Fsp3) is 0.0833. The van der Waals surface area contributed by atoms with Gasteiger partial charge in [-0.2, -0.15) is 0 Å². The van der Waals surface area contributed by atoms with Gasteiger partial charge >= 0.3 is 0 Å². The van der Waals surface area contributed by atoms with Gasteiger partial charge in [0.2, 0.25) is 0 Å². The molecule has 3 N–H and O–H groups in total. The quantitative estimate of drug-likeness (QED) is 0.557. The van der Waals surface area contributed by atoms with Gasteiger partial charge in [0, 0.05) is 35.2 Å². The van der Waals surface area contributed by atoms with E-state index in [0.717, 1.165) is 16.3 Å². The molecule has 80 valence electrons. The monoisotopic (exact) mass is 213 g/mol. The van der Waals surface area contributed by atoms with Gasteiger partial charge in [0.15, 0.2) is 0 Å². The Morgan fingerprint density at radius 2 is 2.06 bits per heavy atom. The number of anilines is 1. The summed E-state index contributed by atoms with van der Waals surface area (Å²) in [7, 11) is 1.86. The highest BCUT2D eigenvalue weighted by molar-refractivity contribution is 6.05. The van der Waals surface area contributed by atoms with Gasteiger partial charge in [-0.3, -0.25) is 4.79 Å². The van der Waals surface area contributed by atoms with E-state index in [1.54, 1.807) is 6.07 Å². The van der Waals surface area contributed by atoms with Crippen molar-refractivity contribution in [3.05, 3.63) is 40.8 Å². The molecule has 0 radical (unpaired) electrons. The van der Waals surface area contributed by atoms with Crippen LogP contribution in [-0.2, 0) is 7.05 Å². The van der Waals surface area contributed by atoms with E-state index in [1.165, 1.54) is 0 Å². The zero-order valence-electron chi connectivity index (χ0n) is 8.82. The van der Waals surface area contributed by atoms with Crippen molar-refractivity contribution in [1.29, 1.82) is 0 Å². The van der Waals surface area contributed by atoms with Crippen molar-refractivity contribution >= 4 is 27.5 Å². The summed E-state index contributed by atoms with van der Waals surface area (Å²) in [6.07, 6.45) is 1.88. The molecule has 0 atom stereocenters. The highest BCUT2D eigenvalue weighted by Crippen LogP contribution is 2.23. The number of hydrogen-bond donors (Lipinski definition) is 2. The second-order valence-electron chi connectivity index (χ2n) is 3.95. The first-order valence-electron chi connectivity index (χ1n) is 5.03. The molecule has 2 heterocycles. The van der Waals surface area contributed by atoms with Gasteiger partial charge < -0.3 is 15.3 Å². The van der Waals surface area contributed by atoms with Crippen LogP contribution in [0.5, 0.6) is 0 Å². The molecule has 0 saturated carbocycles. The zero-order valence-corrected chi connectivity index (χ0v) is 8.82. The van der Waals surface area contributed by atoms with Crippen LogP contribution in [0.1, 0.15) is 0 Å². The molecule has 0 bridgehead atoms. The number of rotatable bonds is 0. The van der Waals surface area contributed by atoms with Crippen LogP contribution < -0.4 is 11.3 Å². The Hall–Kier alpha value is -2.23. The average Bonchev–Trinajstić information content (AvgIpc) is 2.63. The third-order valence-corrected chi connectivity index (χ3v) is 2.87. The molecule has 0 unspecified atom stereocenters. The summed E-state index contributed by atoms with van der Waals surface area (Å²) in [5.74, 6) is 0. The highest BCUT2D eigenvalue weighted by Gasteiger charge is 2.07. The number of aromatic nitrogens is 2. The highest BCUT2D eigenvalue weighted by atomic mass is 16.1. The number of aryl methyl sites for hydroxylation is 1. The normalized spacial score (nSPS) is 11.3. The molecule has 2 aromatic heterocycles. The van der Waals surface area contributed by atoms with Crippen LogP contribution in [0.25, 0.3) is 21.8 Å². The van der Waals surface area contributed by atoms with E-state index < -0.39 is 0 Å². The largest absolute Gasteiger partial charge is 0.399 e. The smallest absolute Gasteiger partial charge is 0.272 e. The molecule has 0 spiro atoms. The summed E-state index contributed by atoms with van der Waals surface area (Å²) in [5, 5.41) is 1.92. The standard InChI is InChI=1S/C12H11N3O/c1-15-5-4-8-9-6-7(13)2-3-10(9)14-12(16)11(8)15/h2-6H,13H2,1H3,(H,14,16). The minimum Gasteiger partial charge on any atom is -0.399 e. The molecule has 3 rings (SSSR count). The molecule has 0 aliphatic rings. The summed E-state index contributed by atoms with van der Waals surface area (Å²) in [4.78, 5) is 14.7. The number of hydrogen-bond acceptors (Lipinski definition) is 2. The maximum atomic E-state index is 11.9. The van der Waals surface area contributed by atoms with Gasteiger partial charge in [-0.05, 0) is 24.3 Å². The van der Waals surface area contributed by atoms with Crippen LogP contribution >= 0.6 is 0 Å². The van der Waals surface area contributed by atoms with Crippen molar-refractivity contribution in [2.24, 2.45) is 7.05 Å². The fourth-order valence-corrected chi connectivity index (χ4v) is 2.10. The minimum absolute atomic E-state index is 0.0697. The first kappa shape index (κ1) is 9.03.